The van der Waals surface area contributed by atoms with Crippen LogP contribution in [0.1, 0.15) is 34.3 Å². The van der Waals surface area contributed by atoms with E-state index in [1.54, 1.807) is 13.2 Å². The molecule has 0 aliphatic carbocycles. The first-order chi connectivity index (χ1) is 20.0. The quantitative estimate of drug-likeness (QED) is 0.305. The molecule has 1 fully saturated rings. The van der Waals surface area contributed by atoms with Gasteiger partial charge in [0.15, 0.2) is 0 Å². The number of ether oxygens (including phenoxy) is 2. The zero-order valence-electron chi connectivity index (χ0n) is 24.2. The molecule has 9 nitrogen and oxygen atoms in total. The number of benzene rings is 3. The Kier molecular flexibility index (Phi) is 10.4. The number of nitrogens with one attached hydrogen (secondary N) is 1. The summed E-state index contributed by atoms with van der Waals surface area (Å²) in [4.78, 5) is 27.6. The van der Waals surface area contributed by atoms with Crippen LogP contribution in [0, 0.1) is 6.92 Å². The summed E-state index contributed by atoms with van der Waals surface area (Å²) in [5.74, 6) is -1.39. The van der Waals surface area contributed by atoms with E-state index in [-0.39, 0.29) is 24.3 Å². The second-order valence-corrected chi connectivity index (χ2v) is 13.0. The number of sulfone groups is 1. The summed E-state index contributed by atoms with van der Waals surface area (Å²) in [6.07, 6.45) is 1.73. The van der Waals surface area contributed by atoms with Gasteiger partial charge in [-0.05, 0) is 66.3 Å². The van der Waals surface area contributed by atoms with Crippen molar-refractivity contribution >= 4 is 21.7 Å². The van der Waals surface area contributed by atoms with Crippen molar-refractivity contribution in [3.8, 4) is 16.9 Å². The van der Waals surface area contributed by atoms with E-state index in [9.17, 15) is 23.1 Å². The molecule has 1 saturated heterocycles. The molecule has 0 spiro atoms. The fourth-order valence-electron chi connectivity index (χ4n) is 5.23. The molecule has 3 aromatic carbocycles. The van der Waals surface area contributed by atoms with Crippen molar-refractivity contribution in [2.45, 2.75) is 44.5 Å². The number of aliphatic carboxylic acids is 1. The van der Waals surface area contributed by atoms with Crippen LogP contribution in [0.15, 0.2) is 72.8 Å². The lowest BCUT2D eigenvalue weighted by Gasteiger charge is -2.25. The van der Waals surface area contributed by atoms with Crippen LogP contribution in [0.3, 0.4) is 0 Å². The van der Waals surface area contributed by atoms with Crippen molar-refractivity contribution in [3.05, 3.63) is 89.5 Å². The summed E-state index contributed by atoms with van der Waals surface area (Å²) in [6, 6.07) is 21.7. The molecule has 0 aromatic heterocycles. The van der Waals surface area contributed by atoms with Crippen LogP contribution in [0.5, 0.6) is 5.75 Å². The Balaban J connectivity index is 1.59. The number of carboxylic acid groups (broad SMARTS) is 1. The molecular formula is C32H38N2O7S. The number of hydrogen-bond donors (Lipinski definition) is 2. The number of para-hydroxylation sites is 1. The lowest BCUT2D eigenvalue weighted by Crippen LogP contribution is -2.42. The van der Waals surface area contributed by atoms with Gasteiger partial charge in [0.1, 0.15) is 28.2 Å². The van der Waals surface area contributed by atoms with Gasteiger partial charge in [-0.15, -0.1) is 0 Å². The largest absolute Gasteiger partial charge is 0.492 e. The zero-order chi connectivity index (χ0) is 30.3. The van der Waals surface area contributed by atoms with Crippen molar-refractivity contribution in [3.63, 3.8) is 0 Å². The third kappa shape index (κ3) is 8.40. The van der Waals surface area contributed by atoms with E-state index in [0.717, 1.165) is 41.7 Å². The average molecular weight is 595 g/mol. The lowest BCUT2D eigenvalue weighted by molar-refractivity contribution is -0.139. The monoisotopic (exact) mass is 594 g/mol. The summed E-state index contributed by atoms with van der Waals surface area (Å²) < 4.78 is 35.0. The number of carbonyl (C=O) groups excluding carboxylic acids is 1. The number of hydrogen-bond acceptors (Lipinski definition) is 7. The minimum absolute atomic E-state index is 0.0788. The van der Waals surface area contributed by atoms with Gasteiger partial charge in [0.2, 0.25) is 0 Å². The van der Waals surface area contributed by atoms with Gasteiger partial charge in [-0.25, -0.2) is 13.2 Å². The molecule has 4 rings (SSSR count). The Morgan fingerprint density at radius 1 is 1.05 bits per heavy atom. The van der Waals surface area contributed by atoms with Crippen molar-refractivity contribution in [1.82, 2.24) is 10.2 Å². The third-order valence-electron chi connectivity index (χ3n) is 7.54. The normalized spacial score (nSPS) is 18.0. The lowest BCUT2D eigenvalue weighted by atomic mass is 9.93. The van der Waals surface area contributed by atoms with E-state index in [0.29, 0.717) is 24.3 Å². The van der Waals surface area contributed by atoms with Crippen molar-refractivity contribution < 1.29 is 32.6 Å². The number of likely N-dealkylation sites (tertiary alicyclic amines) is 1. The highest BCUT2D eigenvalue weighted by Gasteiger charge is 2.33. The molecular weight excluding hydrogens is 556 g/mol. The summed E-state index contributed by atoms with van der Waals surface area (Å²) in [5, 5.41) is 12.2. The molecule has 10 heteroatoms. The molecule has 0 saturated carbocycles. The molecule has 0 radical (unpaired) electrons. The second-order valence-electron chi connectivity index (χ2n) is 10.8. The number of aryl methyl sites for hydroxylation is 1. The predicted molar refractivity (Wildman–Crippen MR) is 161 cm³/mol. The Morgan fingerprint density at radius 3 is 2.43 bits per heavy atom. The smallest absolute Gasteiger partial charge is 0.326 e. The minimum atomic E-state index is -3.39. The Hall–Kier alpha value is -3.73. The molecule has 3 atom stereocenters. The predicted octanol–water partition coefficient (Wildman–Crippen LogP) is 3.95. The van der Waals surface area contributed by atoms with Gasteiger partial charge in [-0.1, -0.05) is 48.5 Å². The average Bonchev–Trinajstić information content (AvgIpc) is 3.35. The SMILES string of the molecule is CO[C@@H]1C[C@@H](COc2ccccc2)N(Cc2ccc(C(=O)N[C@@H](CCS(C)(=O)=O)C(=O)O)c(-c3ccccc3C)c2)C1. The number of methoxy groups -OCH3 is 1. The van der Waals surface area contributed by atoms with E-state index in [1.807, 2.05) is 73.7 Å². The number of nitrogens with zero attached hydrogens (tertiary/aromatic N) is 1. The summed E-state index contributed by atoms with van der Waals surface area (Å²) in [6.45, 7) is 3.81. The molecule has 1 aliphatic heterocycles. The van der Waals surface area contributed by atoms with Crippen LogP contribution < -0.4 is 10.1 Å². The number of rotatable bonds is 13. The molecule has 1 amide bonds. The van der Waals surface area contributed by atoms with Gasteiger partial charge in [0, 0.05) is 38.1 Å². The van der Waals surface area contributed by atoms with Gasteiger partial charge in [0.05, 0.1) is 11.9 Å². The Morgan fingerprint density at radius 2 is 1.76 bits per heavy atom. The van der Waals surface area contributed by atoms with E-state index in [4.69, 9.17) is 9.47 Å². The fraction of sp³-hybridized carbons (Fsp3) is 0.375. The van der Waals surface area contributed by atoms with Gasteiger partial charge in [-0.3, -0.25) is 9.69 Å². The minimum Gasteiger partial charge on any atom is -0.492 e. The first-order valence-corrected chi connectivity index (χ1v) is 15.9. The topological polar surface area (TPSA) is 122 Å². The summed E-state index contributed by atoms with van der Waals surface area (Å²) >= 11 is 0. The van der Waals surface area contributed by atoms with Crippen LogP contribution in [0.25, 0.3) is 11.1 Å². The molecule has 224 valence electrons. The van der Waals surface area contributed by atoms with Crippen LogP contribution in [0.4, 0.5) is 0 Å². The number of amides is 1. The number of carboxylic acids is 1. The maximum absolute atomic E-state index is 13.4. The van der Waals surface area contributed by atoms with Crippen LogP contribution in [-0.2, 0) is 25.9 Å². The highest BCUT2D eigenvalue weighted by atomic mass is 32.2. The Bertz CT molecular complexity index is 1490. The summed E-state index contributed by atoms with van der Waals surface area (Å²) in [5.41, 5.74) is 3.80. The van der Waals surface area contributed by atoms with Gasteiger partial charge in [0.25, 0.3) is 5.91 Å². The van der Waals surface area contributed by atoms with Gasteiger partial charge < -0.3 is 19.9 Å². The molecule has 1 aliphatic rings. The van der Waals surface area contributed by atoms with Crippen molar-refractivity contribution in [2.75, 3.05) is 32.3 Å². The Labute approximate surface area is 247 Å². The molecule has 2 N–H and O–H groups in total. The maximum atomic E-state index is 13.4. The van der Waals surface area contributed by atoms with Crippen LogP contribution in [-0.4, -0.2) is 80.8 Å². The first-order valence-electron chi connectivity index (χ1n) is 13.9. The highest BCUT2D eigenvalue weighted by Crippen LogP contribution is 2.30. The summed E-state index contributed by atoms with van der Waals surface area (Å²) in [7, 11) is -1.68. The molecule has 1 heterocycles. The van der Waals surface area contributed by atoms with Gasteiger partial charge >= 0.3 is 5.97 Å². The third-order valence-corrected chi connectivity index (χ3v) is 8.52. The van der Waals surface area contributed by atoms with Gasteiger partial charge in [-0.2, -0.15) is 0 Å². The zero-order valence-corrected chi connectivity index (χ0v) is 25.0. The van der Waals surface area contributed by atoms with E-state index >= 15 is 0 Å². The fourth-order valence-corrected chi connectivity index (χ4v) is 5.89. The molecule has 42 heavy (non-hydrogen) atoms. The first kappa shape index (κ1) is 31.2. The van der Waals surface area contributed by atoms with Crippen LogP contribution in [0.2, 0.25) is 0 Å². The van der Waals surface area contributed by atoms with Crippen LogP contribution >= 0.6 is 0 Å². The number of carbonyl (C=O) groups is 2. The molecule has 3 aromatic rings. The molecule has 0 unspecified atom stereocenters. The van der Waals surface area contributed by atoms with E-state index in [2.05, 4.69) is 10.2 Å². The van der Waals surface area contributed by atoms with E-state index < -0.39 is 27.8 Å². The maximum Gasteiger partial charge on any atom is 0.326 e. The second kappa shape index (κ2) is 14.0. The highest BCUT2D eigenvalue weighted by molar-refractivity contribution is 7.90. The molecule has 0 bridgehead atoms. The standard InChI is InChI=1S/C32H38N2O7S/c1-22-9-7-8-12-27(22)29-17-23(13-14-28(29)31(35)33-30(32(36)37)15-16-42(3,38)39)19-34-20-26(40-2)18-24(34)21-41-25-10-5-4-6-11-25/h4-14,17,24,26,30H,15-16,18-21H2,1-3H3,(H,33,35)(H,36,37)/t24-,26+,30-/m0/s1. The van der Waals surface area contributed by atoms with Crippen molar-refractivity contribution in [1.29, 1.82) is 0 Å². The van der Waals surface area contributed by atoms with E-state index in [1.165, 1.54) is 0 Å². The van der Waals surface area contributed by atoms with Crippen molar-refractivity contribution in [2.24, 2.45) is 0 Å².